The van der Waals surface area contributed by atoms with Gasteiger partial charge in [0.05, 0.1) is 24.3 Å². The SMILES string of the molecule is Cc1ccc(/C=C/COc2ccc(CCC(N)(CO)CO)cc2C(F)(F)F)cc1. The van der Waals surface area contributed by atoms with Crippen LogP contribution < -0.4 is 10.5 Å². The van der Waals surface area contributed by atoms with E-state index in [9.17, 15) is 23.4 Å². The minimum absolute atomic E-state index is 0.00274. The van der Waals surface area contributed by atoms with E-state index in [1.807, 2.05) is 31.2 Å². The number of rotatable bonds is 9. The molecule has 7 heteroatoms. The summed E-state index contributed by atoms with van der Waals surface area (Å²) in [5.74, 6) is -0.252. The molecule has 0 saturated heterocycles. The highest BCUT2D eigenvalue weighted by molar-refractivity contribution is 5.49. The van der Waals surface area contributed by atoms with Crippen LogP contribution >= 0.6 is 0 Å². The van der Waals surface area contributed by atoms with E-state index >= 15 is 0 Å². The second-order valence-electron chi connectivity index (χ2n) is 7.13. The molecule has 29 heavy (non-hydrogen) atoms. The summed E-state index contributed by atoms with van der Waals surface area (Å²) in [6.07, 6.45) is -0.791. The minimum Gasteiger partial charge on any atom is -0.489 e. The number of aliphatic hydroxyl groups is 2. The maximum absolute atomic E-state index is 13.4. The maximum atomic E-state index is 13.4. The van der Waals surface area contributed by atoms with E-state index in [-0.39, 0.29) is 25.2 Å². The van der Waals surface area contributed by atoms with Gasteiger partial charge >= 0.3 is 6.18 Å². The van der Waals surface area contributed by atoms with Gasteiger partial charge in [-0.15, -0.1) is 0 Å². The van der Waals surface area contributed by atoms with Gasteiger partial charge in [0.15, 0.2) is 0 Å². The molecule has 0 unspecified atom stereocenters. The standard InChI is InChI=1S/C22H26F3NO3/c1-16-4-6-17(7-5-16)3-2-12-29-20-9-8-18(13-19(20)22(23,24)25)10-11-21(26,14-27)15-28/h2-9,13,27-28H,10-12,14-15,26H2,1H3/b3-2+. The summed E-state index contributed by atoms with van der Waals surface area (Å²) in [5, 5.41) is 18.4. The normalized spacial score (nSPS) is 12.5. The van der Waals surface area contributed by atoms with Crippen molar-refractivity contribution in [2.75, 3.05) is 19.8 Å². The molecule has 0 fully saturated rings. The van der Waals surface area contributed by atoms with E-state index in [2.05, 4.69) is 0 Å². The van der Waals surface area contributed by atoms with Crippen LogP contribution in [0.4, 0.5) is 13.2 Å². The largest absolute Gasteiger partial charge is 0.489 e. The van der Waals surface area contributed by atoms with Gasteiger partial charge in [0.25, 0.3) is 0 Å². The van der Waals surface area contributed by atoms with Crippen molar-refractivity contribution in [3.63, 3.8) is 0 Å². The average Bonchev–Trinajstić information content (AvgIpc) is 2.70. The lowest BCUT2D eigenvalue weighted by Gasteiger charge is -2.24. The van der Waals surface area contributed by atoms with Gasteiger partial charge in [0.1, 0.15) is 12.4 Å². The van der Waals surface area contributed by atoms with Crippen molar-refractivity contribution >= 4 is 6.08 Å². The molecule has 0 aromatic heterocycles. The first kappa shape index (κ1) is 22.9. The molecule has 0 amide bonds. The average molecular weight is 409 g/mol. The molecule has 4 nitrogen and oxygen atoms in total. The molecule has 158 valence electrons. The lowest BCUT2D eigenvalue weighted by molar-refractivity contribution is -0.138. The number of aliphatic hydroxyl groups excluding tert-OH is 2. The van der Waals surface area contributed by atoms with Crippen LogP contribution in [0.1, 0.15) is 28.7 Å². The zero-order valence-corrected chi connectivity index (χ0v) is 16.2. The van der Waals surface area contributed by atoms with E-state index in [1.54, 1.807) is 12.2 Å². The Kier molecular flexibility index (Phi) is 7.84. The lowest BCUT2D eigenvalue weighted by Crippen LogP contribution is -2.47. The molecule has 0 aliphatic heterocycles. The maximum Gasteiger partial charge on any atom is 0.419 e. The molecule has 4 N–H and O–H groups in total. The molecule has 2 aromatic carbocycles. The van der Waals surface area contributed by atoms with Crippen LogP contribution in [0.3, 0.4) is 0 Å². The molecule has 0 atom stereocenters. The molecule has 0 saturated carbocycles. The zero-order valence-electron chi connectivity index (χ0n) is 16.2. The Morgan fingerprint density at radius 1 is 1.03 bits per heavy atom. The highest BCUT2D eigenvalue weighted by atomic mass is 19.4. The molecule has 2 aromatic rings. The number of hydrogen-bond donors (Lipinski definition) is 3. The first-order chi connectivity index (χ1) is 13.7. The van der Waals surface area contributed by atoms with Gasteiger partial charge in [-0.25, -0.2) is 0 Å². The number of halogens is 3. The third kappa shape index (κ3) is 6.88. The van der Waals surface area contributed by atoms with Crippen molar-refractivity contribution in [3.8, 4) is 5.75 Å². The predicted molar refractivity (Wildman–Crippen MR) is 107 cm³/mol. The van der Waals surface area contributed by atoms with Crippen LogP contribution in [0, 0.1) is 6.92 Å². The molecule has 0 aliphatic carbocycles. The van der Waals surface area contributed by atoms with Gasteiger partial charge in [-0.1, -0.05) is 42.0 Å². The summed E-state index contributed by atoms with van der Waals surface area (Å²) in [6, 6.07) is 11.6. The molecular weight excluding hydrogens is 383 g/mol. The van der Waals surface area contributed by atoms with Gasteiger partial charge < -0.3 is 20.7 Å². The Bertz CT molecular complexity index is 813. The summed E-state index contributed by atoms with van der Waals surface area (Å²) in [4.78, 5) is 0. The van der Waals surface area contributed by atoms with Crippen molar-refractivity contribution in [2.45, 2.75) is 31.5 Å². The van der Waals surface area contributed by atoms with E-state index in [4.69, 9.17) is 10.5 Å². The smallest absolute Gasteiger partial charge is 0.419 e. The van der Waals surface area contributed by atoms with Crippen molar-refractivity contribution in [2.24, 2.45) is 5.73 Å². The van der Waals surface area contributed by atoms with Crippen LogP contribution in [-0.4, -0.2) is 35.6 Å². The fraction of sp³-hybridized carbons (Fsp3) is 0.364. The summed E-state index contributed by atoms with van der Waals surface area (Å²) >= 11 is 0. The van der Waals surface area contributed by atoms with Gasteiger partial charge in [0.2, 0.25) is 0 Å². The van der Waals surface area contributed by atoms with Gasteiger partial charge in [-0.05, 0) is 49.1 Å². The van der Waals surface area contributed by atoms with Gasteiger partial charge in [0, 0.05) is 0 Å². The predicted octanol–water partition coefficient (Wildman–Crippen LogP) is 3.72. The third-order valence-corrected chi connectivity index (χ3v) is 4.61. The van der Waals surface area contributed by atoms with Gasteiger partial charge in [-0.3, -0.25) is 0 Å². The number of hydrogen-bond acceptors (Lipinski definition) is 4. The van der Waals surface area contributed by atoms with Gasteiger partial charge in [-0.2, -0.15) is 13.2 Å². The van der Waals surface area contributed by atoms with Crippen molar-refractivity contribution in [1.82, 2.24) is 0 Å². The number of nitrogens with two attached hydrogens (primary N) is 1. The summed E-state index contributed by atoms with van der Waals surface area (Å²) in [6.45, 7) is 1.06. The van der Waals surface area contributed by atoms with Crippen molar-refractivity contribution < 1.29 is 28.1 Å². The van der Waals surface area contributed by atoms with Crippen LogP contribution in [0.5, 0.6) is 5.75 Å². The molecule has 0 bridgehead atoms. The number of aryl methyl sites for hydroxylation is 2. The number of alkyl halides is 3. The second-order valence-corrected chi connectivity index (χ2v) is 7.13. The number of benzene rings is 2. The highest BCUT2D eigenvalue weighted by Crippen LogP contribution is 2.37. The fourth-order valence-electron chi connectivity index (χ4n) is 2.68. The van der Waals surface area contributed by atoms with E-state index in [0.717, 1.165) is 17.2 Å². The third-order valence-electron chi connectivity index (χ3n) is 4.61. The Morgan fingerprint density at radius 2 is 1.69 bits per heavy atom. The van der Waals surface area contributed by atoms with Crippen LogP contribution in [-0.2, 0) is 12.6 Å². The molecule has 0 aliphatic rings. The molecule has 0 radical (unpaired) electrons. The zero-order chi connectivity index (χ0) is 21.5. The number of ether oxygens (including phenoxy) is 1. The van der Waals surface area contributed by atoms with E-state index in [1.165, 1.54) is 12.1 Å². The van der Waals surface area contributed by atoms with E-state index < -0.39 is 30.5 Å². The van der Waals surface area contributed by atoms with Crippen molar-refractivity contribution in [3.05, 3.63) is 70.8 Å². The van der Waals surface area contributed by atoms with Crippen LogP contribution in [0.2, 0.25) is 0 Å². The second kappa shape index (κ2) is 9.91. The van der Waals surface area contributed by atoms with Crippen LogP contribution in [0.15, 0.2) is 48.5 Å². The molecular formula is C22H26F3NO3. The first-order valence-electron chi connectivity index (χ1n) is 9.23. The monoisotopic (exact) mass is 409 g/mol. The quantitative estimate of drug-likeness (QED) is 0.590. The summed E-state index contributed by atoms with van der Waals surface area (Å²) in [7, 11) is 0. The molecule has 2 rings (SSSR count). The summed E-state index contributed by atoms with van der Waals surface area (Å²) in [5.41, 5.74) is 6.14. The highest BCUT2D eigenvalue weighted by Gasteiger charge is 2.35. The molecule has 0 spiro atoms. The lowest BCUT2D eigenvalue weighted by atomic mass is 9.93. The Balaban J connectivity index is 2.08. The first-order valence-corrected chi connectivity index (χ1v) is 9.23. The topological polar surface area (TPSA) is 75.7 Å². The Hall–Kier alpha value is -2.35. The van der Waals surface area contributed by atoms with Crippen molar-refractivity contribution in [1.29, 1.82) is 0 Å². The Morgan fingerprint density at radius 3 is 2.28 bits per heavy atom. The van der Waals surface area contributed by atoms with Crippen LogP contribution in [0.25, 0.3) is 6.08 Å². The Labute approximate surface area is 168 Å². The van der Waals surface area contributed by atoms with E-state index in [0.29, 0.717) is 5.56 Å². The summed E-state index contributed by atoms with van der Waals surface area (Å²) < 4.78 is 45.7. The molecule has 0 heterocycles. The minimum atomic E-state index is -4.57. The fourth-order valence-corrected chi connectivity index (χ4v) is 2.68.